The Morgan fingerprint density at radius 3 is 2.73 bits per heavy atom. The second-order valence-corrected chi connectivity index (χ2v) is 4.42. The summed E-state index contributed by atoms with van der Waals surface area (Å²) in [5.41, 5.74) is 4.92. The van der Waals surface area contributed by atoms with Crippen LogP contribution in [0.3, 0.4) is 0 Å². The number of piperidine rings is 1. The number of nitrogens with two attached hydrogens (primary N) is 1. The van der Waals surface area contributed by atoms with Gasteiger partial charge in [0.25, 0.3) is 0 Å². The smallest absolute Gasteiger partial charge is 0.312 e. The summed E-state index contributed by atoms with van der Waals surface area (Å²) in [5.74, 6) is 0.874. The highest BCUT2D eigenvalue weighted by molar-refractivity contribution is 5.78. The number of carbonyl (C=O) groups is 2. The quantitative estimate of drug-likeness (QED) is 0.692. The number of fused-ring (bicyclic) bond motifs is 2. The highest BCUT2D eigenvalue weighted by atomic mass is 16.2. The number of nitrogens with one attached hydrogen (secondary N) is 1. The van der Waals surface area contributed by atoms with Gasteiger partial charge < -0.3 is 16.0 Å². The monoisotopic (exact) mass is 211 g/mol. The molecule has 0 radical (unpaired) electrons. The topological polar surface area (TPSA) is 75.4 Å². The fourth-order valence-corrected chi connectivity index (χ4v) is 2.67. The zero-order valence-corrected chi connectivity index (χ0v) is 8.74. The molecule has 1 aliphatic heterocycles. The lowest BCUT2D eigenvalue weighted by Gasteiger charge is -2.27. The van der Waals surface area contributed by atoms with Crippen molar-refractivity contribution in [3.8, 4) is 0 Å². The first kappa shape index (κ1) is 10.3. The molecular formula is C10H17N3O2. The summed E-state index contributed by atoms with van der Waals surface area (Å²) >= 11 is 0. The lowest BCUT2D eigenvalue weighted by Crippen LogP contribution is -2.40. The van der Waals surface area contributed by atoms with E-state index in [9.17, 15) is 9.59 Å². The average Bonchev–Trinajstić information content (AvgIpc) is 2.77. The van der Waals surface area contributed by atoms with Crippen molar-refractivity contribution in [1.82, 2.24) is 10.2 Å². The fraction of sp³-hybridized carbons (Fsp3) is 0.800. The van der Waals surface area contributed by atoms with E-state index in [0.29, 0.717) is 19.0 Å². The van der Waals surface area contributed by atoms with Crippen LogP contribution in [-0.4, -0.2) is 36.0 Å². The van der Waals surface area contributed by atoms with Gasteiger partial charge in [0.1, 0.15) is 0 Å². The van der Waals surface area contributed by atoms with E-state index in [1.54, 1.807) is 0 Å². The number of rotatable bonds is 3. The summed E-state index contributed by atoms with van der Waals surface area (Å²) in [7, 11) is 0. The first-order valence-corrected chi connectivity index (χ1v) is 5.49. The molecule has 84 valence electrons. The van der Waals surface area contributed by atoms with Crippen LogP contribution in [-0.2, 0) is 4.79 Å². The van der Waals surface area contributed by atoms with Crippen LogP contribution in [0.1, 0.15) is 25.7 Å². The Morgan fingerprint density at radius 2 is 2.20 bits per heavy atom. The SMILES string of the molecule is NC(=O)NCCC(=O)N1CC2CCC1C2. The van der Waals surface area contributed by atoms with Crippen LogP contribution in [0, 0.1) is 5.92 Å². The van der Waals surface area contributed by atoms with Crippen molar-refractivity contribution in [3.05, 3.63) is 0 Å². The van der Waals surface area contributed by atoms with Crippen molar-refractivity contribution in [2.24, 2.45) is 11.7 Å². The molecule has 3 amide bonds. The maximum absolute atomic E-state index is 11.8. The molecule has 3 N–H and O–H groups in total. The van der Waals surface area contributed by atoms with Gasteiger partial charge in [0.05, 0.1) is 0 Å². The van der Waals surface area contributed by atoms with Crippen molar-refractivity contribution in [1.29, 1.82) is 0 Å². The third kappa shape index (κ3) is 2.22. The van der Waals surface area contributed by atoms with Crippen molar-refractivity contribution in [3.63, 3.8) is 0 Å². The molecule has 1 aliphatic carbocycles. The molecule has 2 aliphatic rings. The van der Waals surface area contributed by atoms with Crippen LogP contribution in [0.2, 0.25) is 0 Å². The molecule has 15 heavy (non-hydrogen) atoms. The van der Waals surface area contributed by atoms with Gasteiger partial charge in [-0.1, -0.05) is 0 Å². The Balaban J connectivity index is 1.74. The fourth-order valence-electron chi connectivity index (χ4n) is 2.67. The molecule has 2 bridgehead atoms. The number of urea groups is 1. The lowest BCUT2D eigenvalue weighted by molar-refractivity contribution is -0.132. The minimum atomic E-state index is -0.564. The summed E-state index contributed by atoms with van der Waals surface area (Å²) in [6.07, 6.45) is 3.97. The van der Waals surface area contributed by atoms with E-state index < -0.39 is 6.03 Å². The molecule has 1 saturated carbocycles. The van der Waals surface area contributed by atoms with Crippen LogP contribution < -0.4 is 11.1 Å². The highest BCUT2D eigenvalue weighted by Crippen LogP contribution is 2.37. The largest absolute Gasteiger partial charge is 0.352 e. The Labute approximate surface area is 89.0 Å². The van der Waals surface area contributed by atoms with E-state index in [2.05, 4.69) is 5.32 Å². The van der Waals surface area contributed by atoms with Gasteiger partial charge in [-0.25, -0.2) is 4.79 Å². The van der Waals surface area contributed by atoms with E-state index in [-0.39, 0.29) is 5.91 Å². The van der Waals surface area contributed by atoms with Gasteiger partial charge in [0, 0.05) is 25.6 Å². The standard InChI is InChI=1S/C10H17N3O2/c11-10(15)12-4-3-9(14)13-6-7-1-2-8(13)5-7/h7-8H,1-6H2,(H3,11,12,15). The summed E-state index contributed by atoms with van der Waals surface area (Å²) in [4.78, 5) is 24.1. The first-order valence-electron chi connectivity index (χ1n) is 5.49. The van der Waals surface area contributed by atoms with Crippen LogP contribution in [0.25, 0.3) is 0 Å². The third-order valence-corrected chi connectivity index (χ3v) is 3.37. The normalized spacial score (nSPS) is 28.1. The van der Waals surface area contributed by atoms with Crippen LogP contribution in [0.15, 0.2) is 0 Å². The summed E-state index contributed by atoms with van der Waals surface area (Å²) in [6, 6.07) is -0.0955. The van der Waals surface area contributed by atoms with E-state index >= 15 is 0 Å². The van der Waals surface area contributed by atoms with Gasteiger partial charge in [-0.05, 0) is 25.2 Å². The van der Waals surface area contributed by atoms with Crippen LogP contribution in [0.5, 0.6) is 0 Å². The molecule has 2 fully saturated rings. The average molecular weight is 211 g/mol. The minimum Gasteiger partial charge on any atom is -0.352 e. The number of hydrogen-bond acceptors (Lipinski definition) is 2. The number of carbonyl (C=O) groups excluding carboxylic acids is 2. The molecule has 0 aromatic carbocycles. The first-order chi connectivity index (χ1) is 7.16. The maximum atomic E-state index is 11.8. The molecule has 1 saturated heterocycles. The van der Waals surface area contributed by atoms with Crippen LogP contribution in [0.4, 0.5) is 4.79 Å². The molecule has 5 nitrogen and oxygen atoms in total. The van der Waals surface area contributed by atoms with E-state index in [4.69, 9.17) is 5.73 Å². The van der Waals surface area contributed by atoms with E-state index in [1.165, 1.54) is 12.8 Å². The van der Waals surface area contributed by atoms with Gasteiger partial charge in [-0.3, -0.25) is 4.79 Å². The van der Waals surface area contributed by atoms with Crippen molar-refractivity contribution in [2.75, 3.05) is 13.1 Å². The maximum Gasteiger partial charge on any atom is 0.312 e. The number of amides is 3. The second kappa shape index (κ2) is 4.08. The predicted molar refractivity (Wildman–Crippen MR) is 55.0 cm³/mol. The molecule has 2 atom stereocenters. The number of primary amides is 1. The second-order valence-electron chi connectivity index (χ2n) is 4.42. The van der Waals surface area contributed by atoms with Crippen molar-refractivity contribution in [2.45, 2.75) is 31.7 Å². The molecule has 5 heteroatoms. The Kier molecular flexibility index (Phi) is 2.79. The number of nitrogens with zero attached hydrogens (tertiary/aromatic N) is 1. The lowest BCUT2D eigenvalue weighted by atomic mass is 10.1. The number of hydrogen-bond donors (Lipinski definition) is 2. The van der Waals surface area contributed by atoms with Crippen molar-refractivity contribution >= 4 is 11.9 Å². The van der Waals surface area contributed by atoms with Gasteiger partial charge >= 0.3 is 6.03 Å². The molecule has 2 unspecified atom stereocenters. The molecule has 0 spiro atoms. The number of likely N-dealkylation sites (tertiary alicyclic amines) is 1. The zero-order chi connectivity index (χ0) is 10.8. The molecular weight excluding hydrogens is 194 g/mol. The van der Waals surface area contributed by atoms with E-state index in [1.807, 2.05) is 4.90 Å². The summed E-state index contributed by atoms with van der Waals surface area (Å²) < 4.78 is 0. The van der Waals surface area contributed by atoms with Crippen LogP contribution >= 0.6 is 0 Å². The zero-order valence-electron chi connectivity index (χ0n) is 8.74. The van der Waals surface area contributed by atoms with Crippen molar-refractivity contribution < 1.29 is 9.59 Å². The molecule has 0 aromatic heterocycles. The van der Waals surface area contributed by atoms with E-state index in [0.717, 1.165) is 18.9 Å². The molecule has 0 aromatic rings. The Bertz CT molecular complexity index is 280. The highest BCUT2D eigenvalue weighted by Gasteiger charge is 2.39. The third-order valence-electron chi connectivity index (χ3n) is 3.37. The van der Waals surface area contributed by atoms with Gasteiger partial charge in [0.15, 0.2) is 0 Å². The van der Waals surface area contributed by atoms with Gasteiger partial charge in [-0.2, -0.15) is 0 Å². The molecule has 1 heterocycles. The Morgan fingerprint density at radius 1 is 1.40 bits per heavy atom. The predicted octanol–water partition coefficient (Wildman–Crippen LogP) is 0.0557. The molecule has 2 rings (SSSR count). The summed E-state index contributed by atoms with van der Waals surface area (Å²) in [6.45, 7) is 1.27. The summed E-state index contributed by atoms with van der Waals surface area (Å²) in [5, 5.41) is 2.44. The van der Waals surface area contributed by atoms with Gasteiger partial charge in [0.2, 0.25) is 5.91 Å². The van der Waals surface area contributed by atoms with Gasteiger partial charge in [-0.15, -0.1) is 0 Å². The Hall–Kier alpha value is -1.26. The minimum absolute atomic E-state index is 0.149.